The van der Waals surface area contributed by atoms with Crippen molar-refractivity contribution in [1.29, 1.82) is 0 Å². The number of pyridine rings is 1. The summed E-state index contributed by atoms with van der Waals surface area (Å²) in [4.78, 5) is 25.9. The molecule has 3 N–H and O–H groups in total. The first-order chi connectivity index (χ1) is 10.5. The molecule has 7 heteroatoms. The lowest BCUT2D eigenvalue weighted by molar-refractivity contribution is -0.385. The van der Waals surface area contributed by atoms with Crippen molar-refractivity contribution in [2.75, 3.05) is 5.32 Å². The maximum atomic E-state index is 11.3. The van der Waals surface area contributed by atoms with Crippen LogP contribution in [0.1, 0.15) is 44.2 Å². The summed E-state index contributed by atoms with van der Waals surface area (Å²) in [5.74, 6) is 0.597. The molecule has 22 heavy (non-hydrogen) atoms. The normalized spacial score (nSPS) is 17.0. The van der Waals surface area contributed by atoms with Crippen molar-refractivity contribution < 1.29 is 9.72 Å². The lowest BCUT2D eigenvalue weighted by Crippen LogP contribution is -2.35. The SMILES string of the molecule is Cc1nc(N[C@H](CC(N)=O)C2CCCCC2)ccc1[N+](=O)[O-]. The molecule has 1 aromatic heterocycles. The Morgan fingerprint density at radius 1 is 1.45 bits per heavy atom. The van der Waals surface area contributed by atoms with Gasteiger partial charge in [-0.05, 0) is 31.7 Å². The van der Waals surface area contributed by atoms with Gasteiger partial charge in [-0.1, -0.05) is 19.3 Å². The minimum atomic E-state index is -0.450. The van der Waals surface area contributed by atoms with E-state index in [1.54, 1.807) is 13.0 Å². The Labute approximate surface area is 129 Å². The molecule has 0 radical (unpaired) electrons. The highest BCUT2D eigenvalue weighted by molar-refractivity contribution is 5.75. The van der Waals surface area contributed by atoms with Gasteiger partial charge < -0.3 is 11.1 Å². The highest BCUT2D eigenvalue weighted by Crippen LogP contribution is 2.29. The molecule has 1 aliphatic carbocycles. The first-order valence-electron chi connectivity index (χ1n) is 7.64. The van der Waals surface area contributed by atoms with Crippen molar-refractivity contribution in [2.24, 2.45) is 11.7 Å². The molecule has 1 aliphatic rings. The molecule has 0 aliphatic heterocycles. The Morgan fingerprint density at radius 2 is 2.14 bits per heavy atom. The van der Waals surface area contributed by atoms with Crippen LogP contribution in [-0.2, 0) is 4.79 Å². The number of nitrogens with zero attached hydrogens (tertiary/aromatic N) is 2. The van der Waals surface area contributed by atoms with E-state index in [4.69, 9.17) is 5.73 Å². The highest BCUT2D eigenvalue weighted by Gasteiger charge is 2.25. The number of aromatic nitrogens is 1. The number of aryl methyl sites for hydroxylation is 1. The first-order valence-corrected chi connectivity index (χ1v) is 7.64. The highest BCUT2D eigenvalue weighted by atomic mass is 16.6. The second-order valence-electron chi connectivity index (χ2n) is 5.88. The van der Waals surface area contributed by atoms with E-state index in [0.717, 1.165) is 25.7 Å². The van der Waals surface area contributed by atoms with Crippen LogP contribution >= 0.6 is 0 Å². The molecule has 1 amide bonds. The fraction of sp³-hybridized carbons (Fsp3) is 0.600. The minimum absolute atomic E-state index is 0.00494. The van der Waals surface area contributed by atoms with Gasteiger partial charge in [-0.15, -0.1) is 0 Å². The average Bonchev–Trinajstić information content (AvgIpc) is 2.46. The Balaban J connectivity index is 2.13. The number of primary amides is 1. The molecule has 7 nitrogen and oxygen atoms in total. The summed E-state index contributed by atoms with van der Waals surface area (Å²) in [6, 6.07) is 2.96. The van der Waals surface area contributed by atoms with E-state index in [1.807, 2.05) is 0 Å². The Hall–Kier alpha value is -2.18. The van der Waals surface area contributed by atoms with Crippen LogP contribution in [0.2, 0.25) is 0 Å². The second-order valence-corrected chi connectivity index (χ2v) is 5.88. The second kappa shape index (κ2) is 7.20. The third-order valence-corrected chi connectivity index (χ3v) is 4.23. The van der Waals surface area contributed by atoms with Gasteiger partial charge >= 0.3 is 0 Å². The Kier molecular flexibility index (Phi) is 5.30. The summed E-state index contributed by atoms with van der Waals surface area (Å²) in [7, 11) is 0. The summed E-state index contributed by atoms with van der Waals surface area (Å²) >= 11 is 0. The van der Waals surface area contributed by atoms with Crippen LogP contribution in [-0.4, -0.2) is 21.9 Å². The largest absolute Gasteiger partial charge is 0.370 e. The molecule has 2 rings (SSSR count). The van der Waals surface area contributed by atoms with E-state index in [1.165, 1.54) is 12.5 Å². The predicted octanol–water partition coefficient (Wildman–Crippen LogP) is 2.53. The number of hydrogen-bond acceptors (Lipinski definition) is 5. The van der Waals surface area contributed by atoms with E-state index >= 15 is 0 Å². The van der Waals surface area contributed by atoms with Crippen LogP contribution in [0.15, 0.2) is 12.1 Å². The van der Waals surface area contributed by atoms with Crippen molar-refractivity contribution in [3.63, 3.8) is 0 Å². The topological polar surface area (TPSA) is 111 Å². The van der Waals surface area contributed by atoms with Crippen molar-refractivity contribution in [1.82, 2.24) is 4.98 Å². The van der Waals surface area contributed by atoms with Gasteiger partial charge in [-0.2, -0.15) is 0 Å². The molecule has 0 saturated heterocycles. The van der Waals surface area contributed by atoms with E-state index in [9.17, 15) is 14.9 Å². The third kappa shape index (κ3) is 4.16. The van der Waals surface area contributed by atoms with Gasteiger partial charge in [0.25, 0.3) is 5.69 Å². The lowest BCUT2D eigenvalue weighted by Gasteiger charge is -2.30. The summed E-state index contributed by atoms with van der Waals surface area (Å²) < 4.78 is 0. The zero-order valence-electron chi connectivity index (χ0n) is 12.7. The Bertz CT molecular complexity index is 556. The molecule has 0 unspecified atom stereocenters. The van der Waals surface area contributed by atoms with E-state index in [2.05, 4.69) is 10.3 Å². The summed E-state index contributed by atoms with van der Waals surface area (Å²) in [6.45, 7) is 1.60. The fourth-order valence-corrected chi connectivity index (χ4v) is 3.11. The summed E-state index contributed by atoms with van der Waals surface area (Å²) in [6.07, 6.45) is 5.94. The fourth-order valence-electron chi connectivity index (χ4n) is 3.11. The van der Waals surface area contributed by atoms with Gasteiger partial charge in [0.05, 0.1) is 4.92 Å². The smallest absolute Gasteiger partial charge is 0.290 e. The molecule has 120 valence electrons. The number of amides is 1. The van der Waals surface area contributed by atoms with Crippen molar-refractivity contribution >= 4 is 17.4 Å². The van der Waals surface area contributed by atoms with Gasteiger partial charge in [-0.3, -0.25) is 14.9 Å². The molecule has 1 aromatic rings. The molecule has 0 bridgehead atoms. The molecular formula is C15H22N4O3. The van der Waals surface area contributed by atoms with Crippen LogP contribution in [0.3, 0.4) is 0 Å². The number of nitro groups is 1. The Morgan fingerprint density at radius 3 is 2.68 bits per heavy atom. The number of nitrogens with two attached hydrogens (primary N) is 1. The van der Waals surface area contributed by atoms with Gasteiger partial charge in [0.1, 0.15) is 11.5 Å². The van der Waals surface area contributed by atoms with Gasteiger partial charge in [0, 0.05) is 18.5 Å². The number of carbonyl (C=O) groups excluding carboxylic acids is 1. The number of rotatable bonds is 6. The minimum Gasteiger partial charge on any atom is -0.370 e. The van der Waals surface area contributed by atoms with Crippen LogP contribution < -0.4 is 11.1 Å². The molecular weight excluding hydrogens is 284 g/mol. The zero-order chi connectivity index (χ0) is 16.1. The van der Waals surface area contributed by atoms with Crippen LogP contribution in [0, 0.1) is 23.0 Å². The van der Waals surface area contributed by atoms with E-state index in [-0.39, 0.29) is 24.1 Å². The molecule has 1 saturated carbocycles. The van der Waals surface area contributed by atoms with Crippen LogP contribution in [0.5, 0.6) is 0 Å². The van der Waals surface area contributed by atoms with E-state index in [0.29, 0.717) is 17.4 Å². The molecule has 0 aromatic carbocycles. The van der Waals surface area contributed by atoms with Crippen molar-refractivity contribution in [3.05, 3.63) is 27.9 Å². The quantitative estimate of drug-likeness (QED) is 0.619. The van der Waals surface area contributed by atoms with Gasteiger partial charge in [0.2, 0.25) is 5.91 Å². The maximum absolute atomic E-state index is 11.3. The zero-order valence-corrected chi connectivity index (χ0v) is 12.7. The maximum Gasteiger partial charge on any atom is 0.290 e. The monoisotopic (exact) mass is 306 g/mol. The third-order valence-electron chi connectivity index (χ3n) is 4.23. The van der Waals surface area contributed by atoms with Crippen LogP contribution in [0.4, 0.5) is 11.5 Å². The number of carbonyl (C=O) groups is 1. The van der Waals surface area contributed by atoms with Crippen molar-refractivity contribution in [2.45, 2.75) is 51.5 Å². The lowest BCUT2D eigenvalue weighted by atomic mass is 9.82. The average molecular weight is 306 g/mol. The number of nitrogens with one attached hydrogen (secondary N) is 1. The summed E-state index contributed by atoms with van der Waals surface area (Å²) in [5, 5.41) is 14.1. The molecule has 1 atom stereocenters. The number of hydrogen-bond donors (Lipinski definition) is 2. The molecule has 0 spiro atoms. The van der Waals surface area contributed by atoms with Gasteiger partial charge in [-0.25, -0.2) is 4.98 Å². The standard InChI is InChI=1S/C15H22N4O3/c1-10-13(19(21)22)7-8-15(17-10)18-12(9-14(16)20)11-5-3-2-4-6-11/h7-8,11-12H,2-6,9H2,1H3,(H2,16,20)(H,17,18)/t12-/m1/s1. The molecule has 1 fully saturated rings. The first kappa shape index (κ1) is 16.2. The van der Waals surface area contributed by atoms with E-state index < -0.39 is 4.92 Å². The number of anilines is 1. The summed E-state index contributed by atoms with van der Waals surface area (Å²) in [5.41, 5.74) is 5.71. The predicted molar refractivity (Wildman–Crippen MR) is 83.4 cm³/mol. The van der Waals surface area contributed by atoms with Gasteiger partial charge in [0.15, 0.2) is 0 Å². The van der Waals surface area contributed by atoms with Crippen molar-refractivity contribution in [3.8, 4) is 0 Å². The van der Waals surface area contributed by atoms with Crippen LogP contribution in [0.25, 0.3) is 0 Å². The molecule has 1 heterocycles.